The zero-order valence-electron chi connectivity index (χ0n) is 17.6. The Morgan fingerprint density at radius 1 is 1.27 bits per heavy atom. The van der Waals surface area contributed by atoms with Crippen LogP contribution in [0.3, 0.4) is 0 Å². The fourth-order valence-corrected chi connectivity index (χ4v) is 3.26. The molecule has 148 valence electrons. The molecule has 0 aliphatic rings. The number of hydrogen-bond acceptors (Lipinski definition) is 4. The zero-order valence-corrected chi connectivity index (χ0v) is 18.4. The van der Waals surface area contributed by atoms with Crippen LogP contribution in [-0.2, 0) is 16.6 Å². The van der Waals surface area contributed by atoms with Crippen molar-refractivity contribution in [3.63, 3.8) is 0 Å². The molecular formula is C19H35N5OS. The number of thiazole rings is 1. The van der Waals surface area contributed by atoms with Crippen molar-refractivity contribution in [3.05, 3.63) is 16.1 Å². The van der Waals surface area contributed by atoms with E-state index >= 15 is 0 Å². The molecule has 0 aliphatic heterocycles. The molecule has 0 atom stereocenters. The standard InChI is InChI=1S/C19H35N5OS/c1-9-20-17(24(8)12-15(25)23-19(5,6)7)21-11-10-16-22-14(13-26-16)18(2,3)4/h13H,9-12H2,1-8H3,(H,20,21)(H,23,25). The van der Waals surface area contributed by atoms with E-state index in [-0.39, 0.29) is 23.4 Å². The third-order valence-corrected chi connectivity index (χ3v) is 4.41. The molecule has 0 saturated carbocycles. The lowest BCUT2D eigenvalue weighted by Gasteiger charge is -2.25. The summed E-state index contributed by atoms with van der Waals surface area (Å²) in [5.41, 5.74) is 0.973. The van der Waals surface area contributed by atoms with Crippen molar-refractivity contribution in [1.82, 2.24) is 20.5 Å². The van der Waals surface area contributed by atoms with Crippen LogP contribution < -0.4 is 10.6 Å². The predicted octanol–water partition coefficient (Wildman–Crippen LogP) is 2.80. The van der Waals surface area contributed by atoms with Gasteiger partial charge in [0, 0.05) is 42.9 Å². The Balaban J connectivity index is 2.65. The number of carbonyl (C=O) groups is 1. The van der Waals surface area contributed by atoms with Gasteiger partial charge >= 0.3 is 0 Å². The van der Waals surface area contributed by atoms with Gasteiger partial charge in [-0.05, 0) is 27.7 Å². The molecule has 6 nitrogen and oxygen atoms in total. The fourth-order valence-electron chi connectivity index (χ4n) is 2.25. The van der Waals surface area contributed by atoms with Crippen molar-refractivity contribution in [1.29, 1.82) is 0 Å². The molecule has 0 fully saturated rings. The van der Waals surface area contributed by atoms with Crippen LogP contribution >= 0.6 is 11.3 Å². The average Bonchev–Trinajstić information content (AvgIpc) is 2.93. The first-order valence-corrected chi connectivity index (χ1v) is 10.1. The van der Waals surface area contributed by atoms with Gasteiger partial charge in [-0.2, -0.15) is 0 Å². The Hall–Kier alpha value is -1.63. The van der Waals surface area contributed by atoms with E-state index in [0.717, 1.165) is 29.6 Å². The van der Waals surface area contributed by atoms with E-state index in [1.807, 2.05) is 39.6 Å². The van der Waals surface area contributed by atoms with Crippen LogP contribution in [0, 0.1) is 0 Å². The lowest BCUT2D eigenvalue weighted by atomic mass is 9.93. The second-order valence-electron chi connectivity index (χ2n) is 8.52. The first kappa shape index (κ1) is 22.4. The quantitative estimate of drug-likeness (QED) is 0.587. The van der Waals surface area contributed by atoms with Crippen molar-refractivity contribution >= 4 is 23.2 Å². The maximum absolute atomic E-state index is 12.1. The summed E-state index contributed by atoms with van der Waals surface area (Å²) in [6, 6.07) is 0. The molecule has 0 bridgehead atoms. The molecule has 7 heteroatoms. The van der Waals surface area contributed by atoms with E-state index in [2.05, 4.69) is 41.8 Å². The van der Waals surface area contributed by atoms with Gasteiger partial charge in [-0.15, -0.1) is 11.3 Å². The molecular weight excluding hydrogens is 346 g/mol. The van der Waals surface area contributed by atoms with Crippen molar-refractivity contribution in [2.75, 3.05) is 26.7 Å². The zero-order chi connectivity index (χ0) is 20.0. The van der Waals surface area contributed by atoms with Gasteiger partial charge in [-0.3, -0.25) is 9.79 Å². The van der Waals surface area contributed by atoms with Crippen LogP contribution in [0.25, 0.3) is 0 Å². The largest absolute Gasteiger partial charge is 0.357 e. The van der Waals surface area contributed by atoms with Crippen LogP contribution in [0.1, 0.15) is 59.2 Å². The summed E-state index contributed by atoms with van der Waals surface area (Å²) in [4.78, 5) is 23.3. The summed E-state index contributed by atoms with van der Waals surface area (Å²) in [6.07, 6.45) is 0.803. The minimum atomic E-state index is -0.233. The molecule has 1 amide bonds. The number of aliphatic imine (C=N–C) groups is 1. The topological polar surface area (TPSA) is 69.6 Å². The minimum Gasteiger partial charge on any atom is -0.357 e. The van der Waals surface area contributed by atoms with Crippen LogP contribution in [0.4, 0.5) is 0 Å². The molecule has 26 heavy (non-hydrogen) atoms. The Bertz CT molecular complexity index is 610. The summed E-state index contributed by atoms with van der Waals surface area (Å²) in [6.45, 7) is 16.1. The van der Waals surface area contributed by atoms with E-state index in [0.29, 0.717) is 6.54 Å². The average molecular weight is 382 g/mol. The highest BCUT2D eigenvalue weighted by atomic mass is 32.1. The summed E-state index contributed by atoms with van der Waals surface area (Å²) in [7, 11) is 1.88. The molecule has 0 radical (unpaired) electrons. The van der Waals surface area contributed by atoms with E-state index in [1.54, 1.807) is 11.3 Å². The molecule has 1 aromatic rings. The first-order valence-electron chi connectivity index (χ1n) is 9.17. The van der Waals surface area contributed by atoms with Crippen LogP contribution in [0.2, 0.25) is 0 Å². The molecule has 1 rings (SSSR count). The Labute approximate surface area is 162 Å². The summed E-state index contributed by atoms with van der Waals surface area (Å²) < 4.78 is 0. The third-order valence-electron chi connectivity index (χ3n) is 3.50. The summed E-state index contributed by atoms with van der Waals surface area (Å²) >= 11 is 1.69. The Kier molecular flexibility index (Phi) is 8.06. The number of nitrogens with zero attached hydrogens (tertiary/aromatic N) is 3. The monoisotopic (exact) mass is 381 g/mol. The molecule has 1 aromatic heterocycles. The highest BCUT2D eigenvalue weighted by Gasteiger charge is 2.18. The van der Waals surface area contributed by atoms with Crippen molar-refractivity contribution in [3.8, 4) is 0 Å². The Morgan fingerprint density at radius 3 is 2.42 bits per heavy atom. The first-order chi connectivity index (χ1) is 11.9. The van der Waals surface area contributed by atoms with Gasteiger partial charge in [0.15, 0.2) is 5.96 Å². The highest BCUT2D eigenvalue weighted by molar-refractivity contribution is 7.09. The molecule has 0 spiro atoms. The number of amides is 1. The molecule has 0 aromatic carbocycles. The molecule has 1 heterocycles. The van der Waals surface area contributed by atoms with Gasteiger partial charge in [0.2, 0.25) is 5.91 Å². The SMILES string of the molecule is CCNC(=NCCc1nc(C(C)(C)C)cs1)N(C)CC(=O)NC(C)(C)C. The minimum absolute atomic E-state index is 0.0136. The number of hydrogen-bond donors (Lipinski definition) is 2. The predicted molar refractivity (Wildman–Crippen MR) is 111 cm³/mol. The number of aromatic nitrogens is 1. The van der Waals surface area contributed by atoms with Crippen molar-refractivity contribution in [2.45, 2.75) is 65.8 Å². The van der Waals surface area contributed by atoms with Gasteiger partial charge < -0.3 is 15.5 Å². The second-order valence-corrected chi connectivity index (χ2v) is 9.46. The van der Waals surface area contributed by atoms with Crippen molar-refractivity contribution < 1.29 is 4.79 Å². The lowest BCUT2D eigenvalue weighted by molar-refractivity contribution is -0.122. The van der Waals surface area contributed by atoms with E-state index in [4.69, 9.17) is 4.98 Å². The second kappa shape index (κ2) is 9.35. The number of rotatable bonds is 6. The van der Waals surface area contributed by atoms with Crippen LogP contribution in [0.5, 0.6) is 0 Å². The van der Waals surface area contributed by atoms with Gasteiger partial charge in [0.1, 0.15) is 0 Å². The van der Waals surface area contributed by atoms with Crippen LogP contribution in [0.15, 0.2) is 10.4 Å². The normalized spacial score (nSPS) is 12.8. The summed E-state index contributed by atoms with van der Waals surface area (Å²) in [5, 5.41) is 9.45. The van der Waals surface area contributed by atoms with Crippen molar-refractivity contribution in [2.24, 2.45) is 4.99 Å². The van der Waals surface area contributed by atoms with Gasteiger partial charge in [0.05, 0.1) is 17.2 Å². The number of carbonyl (C=O) groups excluding carboxylic acids is 1. The molecule has 0 unspecified atom stereocenters. The van der Waals surface area contributed by atoms with Gasteiger partial charge in [-0.25, -0.2) is 4.98 Å². The lowest BCUT2D eigenvalue weighted by Crippen LogP contribution is -2.48. The smallest absolute Gasteiger partial charge is 0.240 e. The van der Waals surface area contributed by atoms with E-state index in [9.17, 15) is 4.79 Å². The molecule has 0 aliphatic carbocycles. The maximum Gasteiger partial charge on any atom is 0.240 e. The van der Waals surface area contributed by atoms with Crippen LogP contribution in [-0.4, -0.2) is 54.0 Å². The number of nitrogens with one attached hydrogen (secondary N) is 2. The number of likely N-dealkylation sites (N-methyl/N-ethyl adjacent to an activating group) is 1. The highest BCUT2D eigenvalue weighted by Crippen LogP contribution is 2.24. The maximum atomic E-state index is 12.1. The Morgan fingerprint density at radius 2 is 1.92 bits per heavy atom. The number of guanidine groups is 1. The van der Waals surface area contributed by atoms with Gasteiger partial charge in [0.25, 0.3) is 0 Å². The fraction of sp³-hybridized carbons (Fsp3) is 0.737. The van der Waals surface area contributed by atoms with E-state index < -0.39 is 0 Å². The summed E-state index contributed by atoms with van der Waals surface area (Å²) in [5.74, 6) is 0.726. The third kappa shape index (κ3) is 8.17. The molecule has 2 N–H and O–H groups in total. The van der Waals surface area contributed by atoms with E-state index in [1.165, 1.54) is 0 Å². The van der Waals surface area contributed by atoms with Gasteiger partial charge in [-0.1, -0.05) is 20.8 Å². The molecule has 0 saturated heterocycles.